The minimum Gasteiger partial charge on any atom is -0.345 e. The number of hydrogen-bond acceptors (Lipinski definition) is 6. The van der Waals surface area contributed by atoms with Crippen LogP contribution in [-0.4, -0.2) is 58.3 Å². The molecule has 0 radical (unpaired) electrons. The first-order valence-electron chi connectivity index (χ1n) is 8.30. The van der Waals surface area contributed by atoms with Gasteiger partial charge in [0.15, 0.2) is 10.9 Å². The summed E-state index contributed by atoms with van der Waals surface area (Å²) in [5.41, 5.74) is 1.06. The second-order valence-electron chi connectivity index (χ2n) is 6.15. The first kappa shape index (κ1) is 16.0. The van der Waals surface area contributed by atoms with Crippen molar-refractivity contribution in [3.8, 4) is 0 Å². The van der Waals surface area contributed by atoms with Gasteiger partial charge in [-0.15, -0.1) is 0 Å². The third-order valence-corrected chi connectivity index (χ3v) is 5.37. The Morgan fingerprint density at radius 2 is 2.00 bits per heavy atom. The summed E-state index contributed by atoms with van der Waals surface area (Å²) >= 11 is 1.73. The topological polar surface area (TPSA) is 66.3 Å². The third-order valence-electron chi connectivity index (χ3n) is 4.27. The number of benzene rings is 1. The first-order valence-corrected chi connectivity index (χ1v) is 9.11. The molecule has 130 valence electrons. The van der Waals surface area contributed by atoms with Gasteiger partial charge in [-0.05, 0) is 12.1 Å². The smallest absolute Gasteiger partial charge is 0.239 e. The van der Waals surface area contributed by atoms with Gasteiger partial charge in [0.25, 0.3) is 0 Å². The van der Waals surface area contributed by atoms with Gasteiger partial charge in [0.1, 0.15) is 0 Å². The Hall–Kier alpha value is -2.45. The molecule has 8 heteroatoms. The molecule has 1 aliphatic rings. The SMILES string of the molecule is Cn1ccc(NC(=O)CN2CCN(c3nc4ccccc4s3)CC2)n1. The van der Waals surface area contributed by atoms with Gasteiger partial charge >= 0.3 is 0 Å². The molecule has 1 N–H and O–H groups in total. The van der Waals surface area contributed by atoms with E-state index in [0.29, 0.717) is 12.4 Å². The van der Waals surface area contributed by atoms with Crippen LogP contribution >= 0.6 is 11.3 Å². The van der Waals surface area contributed by atoms with Gasteiger partial charge in [-0.3, -0.25) is 14.4 Å². The molecule has 0 aliphatic carbocycles. The second-order valence-corrected chi connectivity index (χ2v) is 7.16. The molecule has 0 saturated carbocycles. The predicted octanol–water partition coefficient (Wildman–Crippen LogP) is 1.79. The number of thiazole rings is 1. The van der Waals surface area contributed by atoms with Crippen LogP contribution in [0.5, 0.6) is 0 Å². The molecule has 0 unspecified atom stereocenters. The average Bonchev–Trinajstić information content (AvgIpc) is 3.21. The third kappa shape index (κ3) is 3.64. The van der Waals surface area contributed by atoms with Gasteiger partial charge in [0, 0.05) is 45.5 Å². The number of nitrogens with one attached hydrogen (secondary N) is 1. The van der Waals surface area contributed by atoms with Gasteiger partial charge in [-0.1, -0.05) is 23.5 Å². The second kappa shape index (κ2) is 6.81. The molecular formula is C17H20N6OS. The van der Waals surface area contributed by atoms with Crippen LogP contribution < -0.4 is 10.2 Å². The molecular weight excluding hydrogens is 336 g/mol. The predicted molar refractivity (Wildman–Crippen MR) is 100 cm³/mol. The lowest BCUT2D eigenvalue weighted by Crippen LogP contribution is -2.48. The van der Waals surface area contributed by atoms with Crippen molar-refractivity contribution in [2.75, 3.05) is 42.9 Å². The normalized spacial score (nSPS) is 15.6. The first-order chi connectivity index (χ1) is 12.2. The number of rotatable bonds is 4. The summed E-state index contributed by atoms with van der Waals surface area (Å²) in [4.78, 5) is 21.3. The van der Waals surface area contributed by atoms with Gasteiger partial charge < -0.3 is 10.2 Å². The lowest BCUT2D eigenvalue weighted by atomic mass is 10.3. The van der Waals surface area contributed by atoms with Crippen molar-refractivity contribution in [1.82, 2.24) is 19.7 Å². The zero-order valence-corrected chi connectivity index (χ0v) is 14.9. The number of carbonyl (C=O) groups excluding carboxylic acids is 1. The van der Waals surface area contributed by atoms with Crippen LogP contribution in [-0.2, 0) is 11.8 Å². The number of aromatic nitrogens is 3. The fourth-order valence-corrected chi connectivity index (χ4v) is 3.98. The van der Waals surface area contributed by atoms with Gasteiger partial charge in [0.2, 0.25) is 5.91 Å². The van der Waals surface area contributed by atoms with Crippen LogP contribution in [0.3, 0.4) is 0 Å². The van der Waals surface area contributed by atoms with Crippen LogP contribution in [0.15, 0.2) is 36.5 Å². The number of hydrogen-bond donors (Lipinski definition) is 1. The van der Waals surface area contributed by atoms with Crippen molar-refractivity contribution < 1.29 is 4.79 Å². The van der Waals surface area contributed by atoms with Gasteiger partial charge in [-0.2, -0.15) is 5.10 Å². The van der Waals surface area contributed by atoms with Gasteiger partial charge in [-0.25, -0.2) is 4.98 Å². The van der Waals surface area contributed by atoms with Crippen LogP contribution in [0.2, 0.25) is 0 Å². The van der Waals surface area contributed by atoms with E-state index in [0.717, 1.165) is 36.8 Å². The highest BCUT2D eigenvalue weighted by molar-refractivity contribution is 7.22. The van der Waals surface area contributed by atoms with E-state index >= 15 is 0 Å². The number of amides is 1. The molecule has 3 aromatic rings. The Morgan fingerprint density at radius 1 is 1.20 bits per heavy atom. The van der Waals surface area contributed by atoms with Crippen molar-refractivity contribution in [3.05, 3.63) is 36.5 Å². The number of piperazine rings is 1. The van der Waals surface area contributed by atoms with Crippen LogP contribution in [0.1, 0.15) is 0 Å². The maximum Gasteiger partial charge on any atom is 0.239 e. The summed E-state index contributed by atoms with van der Waals surface area (Å²) in [5.74, 6) is 0.577. The lowest BCUT2D eigenvalue weighted by Gasteiger charge is -2.34. The Bertz CT molecular complexity index is 847. The zero-order valence-electron chi connectivity index (χ0n) is 14.1. The number of para-hydroxylation sites is 1. The molecule has 1 saturated heterocycles. The molecule has 0 atom stereocenters. The van der Waals surface area contributed by atoms with E-state index in [1.165, 1.54) is 4.70 Å². The van der Waals surface area contributed by atoms with Crippen molar-refractivity contribution in [3.63, 3.8) is 0 Å². The molecule has 0 spiro atoms. The largest absolute Gasteiger partial charge is 0.345 e. The van der Waals surface area contributed by atoms with E-state index in [4.69, 9.17) is 4.98 Å². The molecule has 25 heavy (non-hydrogen) atoms. The number of carbonyl (C=O) groups is 1. The molecule has 1 aliphatic heterocycles. The summed E-state index contributed by atoms with van der Waals surface area (Å²) in [7, 11) is 1.83. The molecule has 0 bridgehead atoms. The van der Waals surface area contributed by atoms with Crippen molar-refractivity contribution in [1.29, 1.82) is 0 Å². The summed E-state index contributed by atoms with van der Waals surface area (Å²) < 4.78 is 2.89. The number of anilines is 2. The number of aryl methyl sites for hydroxylation is 1. The molecule has 4 rings (SSSR count). The van der Waals surface area contributed by atoms with E-state index in [1.54, 1.807) is 22.1 Å². The summed E-state index contributed by atoms with van der Waals surface area (Å²) in [6.07, 6.45) is 1.81. The monoisotopic (exact) mass is 356 g/mol. The quantitative estimate of drug-likeness (QED) is 0.772. The summed E-state index contributed by atoms with van der Waals surface area (Å²) in [6, 6.07) is 10.0. The Labute approximate surface area is 149 Å². The van der Waals surface area contributed by atoms with Gasteiger partial charge in [0.05, 0.1) is 16.8 Å². The number of nitrogens with zero attached hydrogens (tertiary/aromatic N) is 5. The van der Waals surface area contributed by atoms with Crippen LogP contribution in [0.4, 0.5) is 10.9 Å². The van der Waals surface area contributed by atoms with Crippen molar-refractivity contribution >= 4 is 38.4 Å². The standard InChI is InChI=1S/C17H20N6OS/c1-21-7-6-15(20-21)19-16(24)12-22-8-10-23(11-9-22)17-18-13-4-2-3-5-14(13)25-17/h2-7H,8-12H2,1H3,(H,19,20,24). The van der Waals surface area contributed by atoms with E-state index < -0.39 is 0 Å². The highest BCUT2D eigenvalue weighted by Gasteiger charge is 2.21. The molecule has 3 heterocycles. The average molecular weight is 356 g/mol. The highest BCUT2D eigenvalue weighted by Crippen LogP contribution is 2.29. The maximum absolute atomic E-state index is 12.1. The van der Waals surface area contributed by atoms with Crippen molar-refractivity contribution in [2.45, 2.75) is 0 Å². The van der Waals surface area contributed by atoms with E-state index in [-0.39, 0.29) is 5.91 Å². The molecule has 1 amide bonds. The fourth-order valence-electron chi connectivity index (χ4n) is 2.96. The molecule has 2 aromatic heterocycles. The molecule has 1 aromatic carbocycles. The van der Waals surface area contributed by atoms with Crippen molar-refractivity contribution in [2.24, 2.45) is 7.05 Å². The minimum atomic E-state index is -0.0212. The Kier molecular flexibility index (Phi) is 4.37. The Morgan fingerprint density at radius 3 is 2.72 bits per heavy atom. The number of fused-ring (bicyclic) bond motifs is 1. The molecule has 1 fully saturated rings. The Balaban J connectivity index is 1.31. The van der Waals surface area contributed by atoms with E-state index in [9.17, 15) is 4.79 Å². The minimum absolute atomic E-state index is 0.0212. The van der Waals surface area contributed by atoms with Crippen LogP contribution in [0.25, 0.3) is 10.2 Å². The van der Waals surface area contributed by atoms with E-state index in [2.05, 4.69) is 26.3 Å². The highest BCUT2D eigenvalue weighted by atomic mass is 32.1. The summed E-state index contributed by atoms with van der Waals surface area (Å²) in [6.45, 7) is 3.87. The van der Waals surface area contributed by atoms with Crippen LogP contribution in [0, 0.1) is 0 Å². The zero-order chi connectivity index (χ0) is 17.2. The maximum atomic E-state index is 12.1. The fraction of sp³-hybridized carbons (Fsp3) is 0.353. The molecule has 7 nitrogen and oxygen atoms in total. The lowest BCUT2D eigenvalue weighted by molar-refractivity contribution is -0.117. The summed E-state index contributed by atoms with van der Waals surface area (Å²) in [5, 5.41) is 8.07. The van der Waals surface area contributed by atoms with E-state index in [1.807, 2.05) is 31.4 Å².